The zero-order valence-corrected chi connectivity index (χ0v) is 15.9. The van der Waals surface area contributed by atoms with Crippen LogP contribution in [-0.2, 0) is 0 Å². The standard InChI is InChI=1S/C18H28N2O.C2H6/c1-5-15(6-2)17-13-16(8-7-14(17)3)18(21)20-11-9-19(4)10-12-20;1-2/h7-8,13,15H,5-6,9-12H2,1-4H3;1-2H3. The summed E-state index contributed by atoms with van der Waals surface area (Å²) in [5.41, 5.74) is 3.51. The Hall–Kier alpha value is -1.35. The van der Waals surface area contributed by atoms with Gasteiger partial charge in [-0.05, 0) is 56.0 Å². The normalized spacial score (nSPS) is 15.3. The van der Waals surface area contributed by atoms with Crippen LogP contribution in [0.2, 0.25) is 0 Å². The lowest BCUT2D eigenvalue weighted by atomic mass is 9.89. The van der Waals surface area contributed by atoms with E-state index in [2.05, 4.69) is 44.9 Å². The number of hydrogen-bond donors (Lipinski definition) is 0. The molecule has 0 aromatic heterocycles. The summed E-state index contributed by atoms with van der Waals surface area (Å²) in [7, 11) is 2.11. The molecule has 3 nitrogen and oxygen atoms in total. The fourth-order valence-corrected chi connectivity index (χ4v) is 3.13. The summed E-state index contributed by atoms with van der Waals surface area (Å²) in [6.07, 6.45) is 2.26. The first-order valence-electron chi connectivity index (χ1n) is 9.15. The zero-order valence-electron chi connectivity index (χ0n) is 15.9. The molecule has 1 aromatic carbocycles. The van der Waals surface area contributed by atoms with Gasteiger partial charge in [0.2, 0.25) is 0 Å². The highest BCUT2D eigenvalue weighted by Crippen LogP contribution is 2.27. The first-order valence-corrected chi connectivity index (χ1v) is 9.15. The number of piperazine rings is 1. The lowest BCUT2D eigenvalue weighted by Crippen LogP contribution is -2.47. The maximum absolute atomic E-state index is 12.7. The minimum atomic E-state index is 0.190. The third-order valence-electron chi connectivity index (χ3n) is 4.74. The second-order valence-corrected chi connectivity index (χ2v) is 6.18. The van der Waals surface area contributed by atoms with Gasteiger partial charge in [0.05, 0.1) is 0 Å². The van der Waals surface area contributed by atoms with Crippen LogP contribution in [0.1, 0.15) is 67.9 Å². The molecule has 0 unspecified atom stereocenters. The van der Waals surface area contributed by atoms with Crippen molar-refractivity contribution in [1.82, 2.24) is 9.80 Å². The van der Waals surface area contributed by atoms with E-state index in [1.807, 2.05) is 24.8 Å². The van der Waals surface area contributed by atoms with Crippen molar-refractivity contribution in [2.75, 3.05) is 33.2 Å². The number of nitrogens with zero attached hydrogens (tertiary/aromatic N) is 2. The number of hydrogen-bond acceptors (Lipinski definition) is 2. The van der Waals surface area contributed by atoms with E-state index < -0.39 is 0 Å². The predicted octanol–water partition coefficient (Wildman–Crippen LogP) is 4.31. The van der Waals surface area contributed by atoms with E-state index in [1.165, 1.54) is 11.1 Å². The Bertz CT molecular complexity index is 486. The molecule has 1 aromatic rings. The highest BCUT2D eigenvalue weighted by molar-refractivity contribution is 5.94. The summed E-state index contributed by atoms with van der Waals surface area (Å²) in [6, 6.07) is 6.23. The second kappa shape index (κ2) is 9.71. The Labute approximate surface area is 142 Å². The monoisotopic (exact) mass is 318 g/mol. The van der Waals surface area contributed by atoms with E-state index in [4.69, 9.17) is 0 Å². The summed E-state index contributed by atoms with van der Waals surface area (Å²) in [6.45, 7) is 14.2. The van der Waals surface area contributed by atoms with Gasteiger partial charge < -0.3 is 9.80 Å². The minimum absolute atomic E-state index is 0.190. The molecule has 0 atom stereocenters. The highest BCUT2D eigenvalue weighted by atomic mass is 16.2. The van der Waals surface area contributed by atoms with Gasteiger partial charge in [0.1, 0.15) is 0 Å². The largest absolute Gasteiger partial charge is 0.336 e. The van der Waals surface area contributed by atoms with Crippen LogP contribution in [0.4, 0.5) is 0 Å². The number of rotatable bonds is 4. The smallest absolute Gasteiger partial charge is 0.253 e. The van der Waals surface area contributed by atoms with Crippen LogP contribution < -0.4 is 0 Å². The Morgan fingerprint density at radius 3 is 2.17 bits per heavy atom. The van der Waals surface area contributed by atoms with Crippen LogP contribution in [-0.4, -0.2) is 48.9 Å². The number of likely N-dealkylation sites (N-methyl/N-ethyl adjacent to an activating group) is 1. The molecule has 0 saturated carbocycles. The molecule has 1 saturated heterocycles. The van der Waals surface area contributed by atoms with Crippen LogP contribution in [0.25, 0.3) is 0 Å². The number of carbonyl (C=O) groups excluding carboxylic acids is 1. The quantitative estimate of drug-likeness (QED) is 0.826. The Morgan fingerprint density at radius 1 is 1.09 bits per heavy atom. The third-order valence-corrected chi connectivity index (χ3v) is 4.74. The number of amides is 1. The maximum Gasteiger partial charge on any atom is 0.253 e. The van der Waals surface area contributed by atoms with E-state index in [-0.39, 0.29) is 5.91 Å². The summed E-state index contributed by atoms with van der Waals surface area (Å²) < 4.78 is 0. The van der Waals surface area contributed by atoms with Gasteiger partial charge in [0.15, 0.2) is 0 Å². The van der Waals surface area contributed by atoms with Gasteiger partial charge in [-0.15, -0.1) is 0 Å². The highest BCUT2D eigenvalue weighted by Gasteiger charge is 2.21. The molecule has 1 heterocycles. The minimum Gasteiger partial charge on any atom is -0.336 e. The summed E-state index contributed by atoms with van der Waals surface area (Å²) in [5, 5.41) is 0. The van der Waals surface area contributed by atoms with E-state index in [0.717, 1.165) is 44.6 Å². The summed E-state index contributed by atoms with van der Waals surface area (Å²) >= 11 is 0. The van der Waals surface area contributed by atoms with Crippen molar-refractivity contribution in [1.29, 1.82) is 0 Å². The van der Waals surface area contributed by atoms with Gasteiger partial charge in [0.25, 0.3) is 5.91 Å². The van der Waals surface area contributed by atoms with Gasteiger partial charge in [0, 0.05) is 31.7 Å². The average molecular weight is 319 g/mol. The first kappa shape index (κ1) is 19.7. The fraction of sp³-hybridized carbons (Fsp3) is 0.650. The SMILES string of the molecule is CC.CCC(CC)c1cc(C(=O)N2CCN(C)CC2)ccc1C. The molecule has 23 heavy (non-hydrogen) atoms. The second-order valence-electron chi connectivity index (χ2n) is 6.18. The summed E-state index contributed by atoms with van der Waals surface area (Å²) in [4.78, 5) is 16.9. The Morgan fingerprint density at radius 2 is 1.65 bits per heavy atom. The van der Waals surface area contributed by atoms with Crippen molar-refractivity contribution in [3.63, 3.8) is 0 Å². The van der Waals surface area contributed by atoms with E-state index in [9.17, 15) is 4.79 Å². The molecule has 0 N–H and O–H groups in total. The van der Waals surface area contributed by atoms with E-state index >= 15 is 0 Å². The topological polar surface area (TPSA) is 23.6 Å². The average Bonchev–Trinajstić information content (AvgIpc) is 2.59. The molecule has 1 aliphatic heterocycles. The molecule has 0 aliphatic carbocycles. The summed E-state index contributed by atoms with van der Waals surface area (Å²) in [5.74, 6) is 0.751. The van der Waals surface area contributed by atoms with Crippen LogP contribution in [0, 0.1) is 6.92 Å². The third kappa shape index (κ3) is 5.07. The van der Waals surface area contributed by atoms with Crippen LogP contribution in [0.15, 0.2) is 18.2 Å². The van der Waals surface area contributed by atoms with Crippen molar-refractivity contribution in [3.05, 3.63) is 34.9 Å². The molecule has 130 valence electrons. The first-order chi connectivity index (χ1) is 11.1. The molecule has 1 aliphatic rings. The van der Waals surface area contributed by atoms with E-state index in [1.54, 1.807) is 0 Å². The molecular formula is C20H34N2O. The van der Waals surface area contributed by atoms with Crippen LogP contribution in [0.5, 0.6) is 0 Å². The predicted molar refractivity (Wildman–Crippen MR) is 99.3 cm³/mol. The van der Waals surface area contributed by atoms with Crippen LogP contribution >= 0.6 is 0 Å². The molecule has 2 rings (SSSR count). The van der Waals surface area contributed by atoms with E-state index in [0.29, 0.717) is 5.92 Å². The number of benzene rings is 1. The molecular weight excluding hydrogens is 284 g/mol. The molecule has 1 fully saturated rings. The van der Waals surface area contributed by atoms with Crippen molar-refractivity contribution in [3.8, 4) is 0 Å². The lowest BCUT2D eigenvalue weighted by Gasteiger charge is -2.32. The van der Waals surface area contributed by atoms with Crippen molar-refractivity contribution < 1.29 is 4.79 Å². The van der Waals surface area contributed by atoms with Crippen molar-refractivity contribution in [2.45, 2.75) is 53.4 Å². The fourth-order valence-electron chi connectivity index (χ4n) is 3.13. The number of aryl methyl sites for hydroxylation is 1. The molecule has 0 radical (unpaired) electrons. The van der Waals surface area contributed by atoms with Gasteiger partial charge >= 0.3 is 0 Å². The van der Waals surface area contributed by atoms with Gasteiger partial charge in [-0.2, -0.15) is 0 Å². The van der Waals surface area contributed by atoms with Crippen LogP contribution in [0.3, 0.4) is 0 Å². The molecule has 3 heteroatoms. The molecule has 0 bridgehead atoms. The Kier molecular flexibility index (Phi) is 8.32. The van der Waals surface area contributed by atoms with Crippen molar-refractivity contribution >= 4 is 5.91 Å². The molecule has 0 spiro atoms. The molecule has 1 amide bonds. The Balaban J connectivity index is 0.00000127. The van der Waals surface area contributed by atoms with Gasteiger partial charge in [-0.1, -0.05) is 33.8 Å². The zero-order chi connectivity index (χ0) is 17.4. The maximum atomic E-state index is 12.7. The van der Waals surface area contributed by atoms with Gasteiger partial charge in [-0.25, -0.2) is 0 Å². The van der Waals surface area contributed by atoms with Crippen molar-refractivity contribution in [2.24, 2.45) is 0 Å². The number of carbonyl (C=O) groups is 1. The lowest BCUT2D eigenvalue weighted by molar-refractivity contribution is 0.0664. The van der Waals surface area contributed by atoms with Gasteiger partial charge in [-0.3, -0.25) is 4.79 Å².